The number of carboxylic acid groups (broad SMARTS) is 1. The minimum absolute atomic E-state index is 0.0146. The van der Waals surface area contributed by atoms with Gasteiger partial charge < -0.3 is 10.0 Å². The Morgan fingerprint density at radius 2 is 2.06 bits per heavy atom. The highest BCUT2D eigenvalue weighted by Gasteiger charge is 2.42. The number of carboxylic acids is 1. The molecule has 0 aromatic heterocycles. The maximum atomic E-state index is 12.9. The number of benzene rings is 1. The second-order valence-corrected chi connectivity index (χ2v) is 3.44. The highest BCUT2D eigenvalue weighted by molar-refractivity contribution is 6.12. The zero-order chi connectivity index (χ0) is 11.9. The molecule has 1 amide bonds. The third-order valence-electron chi connectivity index (χ3n) is 2.44. The van der Waals surface area contributed by atoms with Gasteiger partial charge in [0.15, 0.2) is 17.6 Å². The van der Waals surface area contributed by atoms with Crippen molar-refractivity contribution in [2.75, 3.05) is 11.4 Å². The van der Waals surface area contributed by atoms with E-state index in [2.05, 4.69) is 0 Å². The minimum atomic E-state index is -1.20. The summed E-state index contributed by atoms with van der Waals surface area (Å²) in [5.41, 5.74) is 0.168. The first kappa shape index (κ1) is 10.5. The fourth-order valence-corrected chi connectivity index (χ4v) is 1.50. The van der Waals surface area contributed by atoms with Gasteiger partial charge in [-0.2, -0.15) is 0 Å². The molecule has 0 radical (unpaired) electrons. The molecule has 16 heavy (non-hydrogen) atoms. The van der Waals surface area contributed by atoms with Gasteiger partial charge in [0.25, 0.3) is 0 Å². The maximum absolute atomic E-state index is 12.9. The number of rotatable bonds is 2. The van der Waals surface area contributed by atoms with Gasteiger partial charge in [-0.1, -0.05) is 0 Å². The molecule has 0 saturated carbocycles. The number of nitrogens with zero attached hydrogens (tertiary/aromatic N) is 1. The van der Waals surface area contributed by atoms with Crippen LogP contribution in [-0.4, -0.2) is 23.5 Å². The van der Waals surface area contributed by atoms with Crippen LogP contribution in [0.25, 0.3) is 0 Å². The lowest BCUT2D eigenvalue weighted by atomic mass is 9.98. The maximum Gasteiger partial charge on any atom is 0.317 e. The van der Waals surface area contributed by atoms with Crippen LogP contribution in [0.2, 0.25) is 0 Å². The molecule has 2 rings (SSSR count). The summed E-state index contributed by atoms with van der Waals surface area (Å²) in [5.74, 6) is -4.97. The molecular weight excluding hydrogens is 220 g/mol. The van der Waals surface area contributed by atoms with Gasteiger partial charge in [0.2, 0.25) is 5.91 Å². The molecule has 1 fully saturated rings. The summed E-state index contributed by atoms with van der Waals surface area (Å²) in [4.78, 5) is 22.9. The van der Waals surface area contributed by atoms with E-state index in [1.807, 2.05) is 0 Å². The Labute approximate surface area is 89.1 Å². The highest BCUT2D eigenvalue weighted by atomic mass is 19.2. The lowest BCUT2D eigenvalue weighted by molar-refractivity contribution is -0.149. The highest BCUT2D eigenvalue weighted by Crippen LogP contribution is 2.27. The fourth-order valence-electron chi connectivity index (χ4n) is 1.50. The van der Waals surface area contributed by atoms with Crippen LogP contribution in [0.5, 0.6) is 0 Å². The van der Waals surface area contributed by atoms with Crippen LogP contribution in [0.4, 0.5) is 14.5 Å². The summed E-state index contributed by atoms with van der Waals surface area (Å²) in [5, 5.41) is 8.59. The van der Waals surface area contributed by atoms with Gasteiger partial charge in [-0.25, -0.2) is 8.78 Å². The van der Waals surface area contributed by atoms with Crippen molar-refractivity contribution in [3.63, 3.8) is 0 Å². The number of aliphatic carboxylic acids is 1. The first-order valence-electron chi connectivity index (χ1n) is 4.50. The zero-order valence-corrected chi connectivity index (χ0v) is 7.98. The molecule has 1 heterocycles. The van der Waals surface area contributed by atoms with Crippen LogP contribution in [0.1, 0.15) is 0 Å². The fraction of sp³-hybridized carbons (Fsp3) is 0.200. The Bertz CT molecular complexity index is 475. The number of hydrogen-bond acceptors (Lipinski definition) is 2. The molecule has 1 aliphatic heterocycles. The quantitative estimate of drug-likeness (QED) is 0.606. The zero-order valence-electron chi connectivity index (χ0n) is 7.98. The van der Waals surface area contributed by atoms with Gasteiger partial charge in [-0.05, 0) is 12.1 Å². The average molecular weight is 227 g/mol. The molecule has 4 nitrogen and oxygen atoms in total. The normalized spacial score (nSPS) is 19.5. The van der Waals surface area contributed by atoms with Gasteiger partial charge >= 0.3 is 5.97 Å². The van der Waals surface area contributed by atoms with E-state index < -0.39 is 29.4 Å². The van der Waals surface area contributed by atoms with E-state index in [4.69, 9.17) is 5.11 Å². The first-order valence-corrected chi connectivity index (χ1v) is 4.50. The van der Waals surface area contributed by atoms with Crippen LogP contribution in [0, 0.1) is 17.6 Å². The number of anilines is 1. The molecule has 84 valence electrons. The molecule has 1 unspecified atom stereocenters. The van der Waals surface area contributed by atoms with Crippen molar-refractivity contribution in [1.82, 2.24) is 0 Å². The van der Waals surface area contributed by atoms with E-state index in [9.17, 15) is 18.4 Å². The van der Waals surface area contributed by atoms with Crippen molar-refractivity contribution < 1.29 is 23.5 Å². The summed E-state index contributed by atoms with van der Waals surface area (Å²) in [7, 11) is 0. The number of hydrogen-bond donors (Lipinski definition) is 1. The Morgan fingerprint density at radius 1 is 1.38 bits per heavy atom. The largest absolute Gasteiger partial charge is 0.481 e. The summed E-state index contributed by atoms with van der Waals surface area (Å²) in [6.45, 7) is -0.0146. The number of β-lactam (4-membered cyclic amide) rings is 1. The molecule has 1 aromatic carbocycles. The smallest absolute Gasteiger partial charge is 0.317 e. The van der Waals surface area contributed by atoms with E-state index in [1.54, 1.807) is 0 Å². The predicted molar refractivity (Wildman–Crippen MR) is 49.8 cm³/mol. The van der Waals surface area contributed by atoms with Gasteiger partial charge in [-0.15, -0.1) is 0 Å². The van der Waals surface area contributed by atoms with E-state index in [1.165, 1.54) is 6.07 Å². The SMILES string of the molecule is O=C(O)C1CN(c2ccc(F)c(F)c2)C1=O. The van der Waals surface area contributed by atoms with Crippen molar-refractivity contribution in [3.05, 3.63) is 29.8 Å². The van der Waals surface area contributed by atoms with Crippen molar-refractivity contribution >= 4 is 17.6 Å². The minimum Gasteiger partial charge on any atom is -0.481 e. The van der Waals surface area contributed by atoms with Crippen molar-refractivity contribution in [3.8, 4) is 0 Å². The van der Waals surface area contributed by atoms with Crippen LogP contribution in [0.3, 0.4) is 0 Å². The van der Waals surface area contributed by atoms with Crippen LogP contribution < -0.4 is 4.90 Å². The second kappa shape index (κ2) is 3.55. The number of carbonyl (C=O) groups is 2. The summed E-state index contributed by atoms with van der Waals surface area (Å²) < 4.78 is 25.5. The molecular formula is C10H7F2NO3. The monoisotopic (exact) mass is 227 g/mol. The first-order chi connectivity index (χ1) is 7.50. The molecule has 6 heteroatoms. The Kier molecular flexibility index (Phi) is 2.34. The van der Waals surface area contributed by atoms with Crippen molar-refractivity contribution in [2.24, 2.45) is 5.92 Å². The van der Waals surface area contributed by atoms with Gasteiger partial charge in [0.1, 0.15) is 0 Å². The number of halogens is 2. The molecule has 0 bridgehead atoms. The van der Waals surface area contributed by atoms with E-state index in [-0.39, 0.29) is 12.2 Å². The van der Waals surface area contributed by atoms with Crippen LogP contribution in [0.15, 0.2) is 18.2 Å². The van der Waals surface area contributed by atoms with Gasteiger partial charge in [0, 0.05) is 18.3 Å². The lowest BCUT2D eigenvalue weighted by Crippen LogP contribution is -2.56. The molecule has 1 atom stereocenters. The summed E-state index contributed by atoms with van der Waals surface area (Å²) >= 11 is 0. The van der Waals surface area contributed by atoms with Gasteiger partial charge in [-0.3, -0.25) is 9.59 Å². The Balaban J connectivity index is 2.19. The Morgan fingerprint density at radius 3 is 2.56 bits per heavy atom. The second-order valence-electron chi connectivity index (χ2n) is 3.44. The number of amides is 1. The molecule has 1 aromatic rings. The standard InChI is InChI=1S/C10H7F2NO3/c11-7-2-1-5(3-8(7)12)13-4-6(9(13)14)10(15)16/h1-3,6H,4H2,(H,15,16). The summed E-state index contributed by atoms with van der Waals surface area (Å²) in [6, 6.07) is 2.99. The topological polar surface area (TPSA) is 57.6 Å². The molecule has 1 aliphatic rings. The van der Waals surface area contributed by atoms with Crippen molar-refractivity contribution in [2.45, 2.75) is 0 Å². The van der Waals surface area contributed by atoms with E-state index in [0.717, 1.165) is 17.0 Å². The van der Waals surface area contributed by atoms with Crippen molar-refractivity contribution in [1.29, 1.82) is 0 Å². The molecule has 1 N–H and O–H groups in total. The van der Waals surface area contributed by atoms with Crippen LogP contribution in [-0.2, 0) is 9.59 Å². The summed E-state index contributed by atoms with van der Waals surface area (Å²) in [6.07, 6.45) is 0. The molecule has 0 aliphatic carbocycles. The number of carbonyl (C=O) groups excluding carboxylic acids is 1. The van der Waals surface area contributed by atoms with Gasteiger partial charge in [0.05, 0.1) is 0 Å². The average Bonchev–Trinajstić information content (AvgIpc) is 2.20. The molecule has 1 saturated heterocycles. The van der Waals surface area contributed by atoms with E-state index >= 15 is 0 Å². The lowest BCUT2D eigenvalue weighted by Gasteiger charge is -2.35. The van der Waals surface area contributed by atoms with E-state index in [0.29, 0.717) is 0 Å². The van der Waals surface area contributed by atoms with Crippen LogP contribution >= 0.6 is 0 Å². The third-order valence-corrected chi connectivity index (χ3v) is 2.44. The third kappa shape index (κ3) is 1.52. The molecule has 0 spiro atoms. The predicted octanol–water partition coefficient (Wildman–Crippen LogP) is 1.01. The Hall–Kier alpha value is -1.98.